The molecule has 4 aromatic rings. The van der Waals surface area contributed by atoms with E-state index < -0.39 is 6.04 Å². The second-order valence-electron chi connectivity index (χ2n) is 8.02. The van der Waals surface area contributed by atoms with Crippen LogP contribution in [0.5, 0.6) is 5.75 Å². The maximum atomic E-state index is 12.4. The molecule has 10 heteroatoms. The zero-order valence-electron chi connectivity index (χ0n) is 19.7. The monoisotopic (exact) mass is 474 g/mol. The van der Waals surface area contributed by atoms with Gasteiger partial charge in [-0.3, -0.25) is 9.59 Å². The van der Waals surface area contributed by atoms with Crippen LogP contribution < -0.4 is 15.4 Å². The smallest absolute Gasteiger partial charge is 0.262 e. The maximum absolute atomic E-state index is 12.4. The van der Waals surface area contributed by atoms with Crippen LogP contribution in [0.15, 0.2) is 65.6 Å². The minimum absolute atomic E-state index is 0.109. The minimum atomic E-state index is -0.501. The van der Waals surface area contributed by atoms with Gasteiger partial charge >= 0.3 is 0 Å². The van der Waals surface area contributed by atoms with Crippen LogP contribution in [0.2, 0.25) is 0 Å². The van der Waals surface area contributed by atoms with Crippen molar-refractivity contribution in [1.29, 1.82) is 0 Å². The zero-order chi connectivity index (χ0) is 24.8. The molecule has 2 N–H and O–H groups in total. The Morgan fingerprint density at radius 2 is 1.94 bits per heavy atom. The van der Waals surface area contributed by atoms with Crippen LogP contribution in [0.1, 0.15) is 30.0 Å². The van der Waals surface area contributed by atoms with E-state index in [9.17, 15) is 9.59 Å². The molecule has 2 amide bonds. The summed E-state index contributed by atoms with van der Waals surface area (Å²) in [5, 5.41) is 9.64. The number of aryl methyl sites for hydroxylation is 2. The third kappa shape index (κ3) is 6.11. The summed E-state index contributed by atoms with van der Waals surface area (Å²) in [6.45, 7) is 5.60. The first-order chi connectivity index (χ1) is 16.9. The maximum Gasteiger partial charge on any atom is 0.262 e. The first kappa shape index (κ1) is 23.7. The molecule has 2 aromatic heterocycles. The molecule has 10 nitrogen and oxygen atoms in total. The van der Waals surface area contributed by atoms with Crippen LogP contribution in [0, 0.1) is 13.8 Å². The van der Waals surface area contributed by atoms with E-state index in [2.05, 4.69) is 25.7 Å². The number of hydrogen-bond donors (Lipinski definition) is 2. The third-order valence-corrected chi connectivity index (χ3v) is 5.32. The van der Waals surface area contributed by atoms with Crippen LogP contribution in [0.4, 0.5) is 5.69 Å². The molecule has 0 aliphatic heterocycles. The van der Waals surface area contributed by atoms with Gasteiger partial charge in [0, 0.05) is 11.3 Å². The second kappa shape index (κ2) is 10.6. The van der Waals surface area contributed by atoms with Gasteiger partial charge in [0.05, 0.1) is 6.54 Å². The molecule has 1 atom stereocenters. The number of hydrogen-bond acceptors (Lipinski definition) is 7. The number of nitrogens with zero attached hydrogens (tertiary/aromatic N) is 4. The SMILES string of the molecule is Cc1ccc(OCC(=O)Nc2cccc(-c3nc(CNC(=O)[C@H](C)n4cncn4)c(C)o3)c2)cc1. The number of carbonyl (C=O) groups excluding carboxylic acids is 2. The number of anilines is 1. The van der Waals surface area contributed by atoms with Crippen molar-refractivity contribution in [3.8, 4) is 17.2 Å². The Balaban J connectivity index is 1.35. The number of oxazole rings is 1. The lowest BCUT2D eigenvalue weighted by atomic mass is 10.2. The van der Waals surface area contributed by atoms with E-state index in [1.165, 1.54) is 17.3 Å². The standard InChI is InChI=1S/C25H26N6O4/c1-16-7-9-21(10-8-16)34-13-23(32)29-20-6-4-5-19(11-20)25-30-22(18(3)35-25)12-27-24(33)17(2)31-15-26-14-28-31/h4-11,14-15,17H,12-13H2,1-3H3,(H,27,33)(H,29,32)/t17-/m0/s1. The van der Waals surface area contributed by atoms with Crippen LogP contribution >= 0.6 is 0 Å². The summed E-state index contributed by atoms with van der Waals surface area (Å²) in [5.74, 6) is 1.12. The van der Waals surface area contributed by atoms with Gasteiger partial charge in [-0.1, -0.05) is 23.8 Å². The molecule has 0 saturated carbocycles. The number of rotatable bonds is 9. The largest absolute Gasteiger partial charge is 0.484 e. The second-order valence-corrected chi connectivity index (χ2v) is 8.02. The fourth-order valence-corrected chi connectivity index (χ4v) is 3.28. The fourth-order valence-electron chi connectivity index (χ4n) is 3.28. The van der Waals surface area contributed by atoms with E-state index in [0.717, 1.165) is 5.56 Å². The topological polar surface area (TPSA) is 124 Å². The summed E-state index contributed by atoms with van der Waals surface area (Å²) in [6.07, 6.45) is 2.87. The molecule has 2 heterocycles. The van der Waals surface area contributed by atoms with E-state index >= 15 is 0 Å². The molecule has 0 saturated heterocycles. The van der Waals surface area contributed by atoms with Crippen molar-refractivity contribution < 1.29 is 18.7 Å². The molecule has 180 valence electrons. The van der Waals surface area contributed by atoms with E-state index in [4.69, 9.17) is 9.15 Å². The Kier molecular flexibility index (Phi) is 7.20. The highest BCUT2D eigenvalue weighted by molar-refractivity contribution is 5.92. The van der Waals surface area contributed by atoms with Gasteiger partial charge < -0.3 is 19.8 Å². The summed E-state index contributed by atoms with van der Waals surface area (Å²) in [6, 6.07) is 14.2. The molecule has 35 heavy (non-hydrogen) atoms. The van der Waals surface area contributed by atoms with Crippen molar-refractivity contribution in [3.63, 3.8) is 0 Å². The summed E-state index contributed by atoms with van der Waals surface area (Å²) >= 11 is 0. The molecule has 0 spiro atoms. The number of benzene rings is 2. The Morgan fingerprint density at radius 3 is 2.69 bits per heavy atom. The molecular formula is C25H26N6O4. The highest BCUT2D eigenvalue weighted by atomic mass is 16.5. The lowest BCUT2D eigenvalue weighted by Crippen LogP contribution is -2.31. The van der Waals surface area contributed by atoms with Crippen LogP contribution in [0.25, 0.3) is 11.5 Å². The van der Waals surface area contributed by atoms with Crippen LogP contribution in [0.3, 0.4) is 0 Å². The average Bonchev–Trinajstić information content (AvgIpc) is 3.52. The van der Waals surface area contributed by atoms with Gasteiger partial charge in [-0.15, -0.1) is 0 Å². The Labute approximate surface area is 202 Å². The molecule has 0 aliphatic carbocycles. The lowest BCUT2D eigenvalue weighted by molar-refractivity contribution is -0.124. The van der Waals surface area contributed by atoms with Crippen molar-refractivity contribution in [2.45, 2.75) is 33.4 Å². The van der Waals surface area contributed by atoms with Crippen LogP contribution in [-0.2, 0) is 16.1 Å². The molecule has 0 radical (unpaired) electrons. The molecular weight excluding hydrogens is 448 g/mol. The van der Waals surface area contributed by atoms with E-state index in [0.29, 0.717) is 34.3 Å². The summed E-state index contributed by atoms with van der Waals surface area (Å²) in [5.41, 5.74) is 3.01. The molecule has 0 fully saturated rings. The number of ether oxygens (including phenoxy) is 1. The normalized spacial score (nSPS) is 11.6. The van der Waals surface area contributed by atoms with Gasteiger partial charge in [0.15, 0.2) is 6.61 Å². The first-order valence-corrected chi connectivity index (χ1v) is 11.1. The van der Waals surface area contributed by atoms with Crippen molar-refractivity contribution in [1.82, 2.24) is 25.1 Å². The van der Waals surface area contributed by atoms with Crippen LogP contribution in [-0.4, -0.2) is 38.2 Å². The molecule has 0 bridgehead atoms. The third-order valence-electron chi connectivity index (χ3n) is 5.32. The Hall–Kier alpha value is -4.47. The quantitative estimate of drug-likeness (QED) is 0.381. The minimum Gasteiger partial charge on any atom is -0.484 e. The van der Waals surface area contributed by atoms with Crippen molar-refractivity contribution in [3.05, 3.63) is 78.2 Å². The van der Waals surface area contributed by atoms with Gasteiger partial charge in [0.1, 0.15) is 35.9 Å². The number of aromatic nitrogens is 4. The molecule has 0 aliphatic rings. The molecule has 0 unspecified atom stereocenters. The van der Waals surface area contributed by atoms with Gasteiger partial charge in [-0.25, -0.2) is 14.6 Å². The Morgan fingerprint density at radius 1 is 1.14 bits per heavy atom. The van der Waals surface area contributed by atoms with Crippen molar-refractivity contribution >= 4 is 17.5 Å². The number of nitrogens with one attached hydrogen (secondary N) is 2. The van der Waals surface area contributed by atoms with Gasteiger partial charge in [0.25, 0.3) is 5.91 Å². The fraction of sp³-hybridized carbons (Fsp3) is 0.240. The predicted molar refractivity (Wildman–Crippen MR) is 129 cm³/mol. The summed E-state index contributed by atoms with van der Waals surface area (Å²) in [4.78, 5) is 33.1. The molecule has 2 aromatic carbocycles. The Bertz CT molecular complexity index is 1300. The van der Waals surface area contributed by atoms with E-state index in [1.54, 1.807) is 32.0 Å². The summed E-state index contributed by atoms with van der Waals surface area (Å²) in [7, 11) is 0. The zero-order valence-corrected chi connectivity index (χ0v) is 19.7. The van der Waals surface area contributed by atoms with E-state index in [-0.39, 0.29) is 25.0 Å². The van der Waals surface area contributed by atoms with Gasteiger partial charge in [0.2, 0.25) is 11.8 Å². The first-order valence-electron chi connectivity index (χ1n) is 11.1. The van der Waals surface area contributed by atoms with Gasteiger partial charge in [-0.2, -0.15) is 5.10 Å². The van der Waals surface area contributed by atoms with E-state index in [1.807, 2.05) is 37.3 Å². The van der Waals surface area contributed by atoms with Crippen molar-refractivity contribution in [2.24, 2.45) is 0 Å². The van der Waals surface area contributed by atoms with Gasteiger partial charge in [-0.05, 0) is 51.1 Å². The average molecular weight is 475 g/mol. The number of carbonyl (C=O) groups is 2. The highest BCUT2D eigenvalue weighted by Gasteiger charge is 2.18. The predicted octanol–water partition coefficient (Wildman–Crippen LogP) is 3.44. The molecule has 4 rings (SSSR count). The lowest BCUT2D eigenvalue weighted by Gasteiger charge is -2.11. The van der Waals surface area contributed by atoms with Crippen molar-refractivity contribution in [2.75, 3.05) is 11.9 Å². The summed E-state index contributed by atoms with van der Waals surface area (Å²) < 4.78 is 12.8. The highest BCUT2D eigenvalue weighted by Crippen LogP contribution is 2.24. The number of amides is 2.